The lowest BCUT2D eigenvalue weighted by atomic mass is 10.3. The summed E-state index contributed by atoms with van der Waals surface area (Å²) in [6, 6.07) is 10.1. The molecule has 0 atom stereocenters. The Morgan fingerprint density at radius 1 is 1.00 bits per heavy atom. The number of halogens is 3. The number of rotatable bonds is 4. The van der Waals surface area contributed by atoms with Crippen LogP contribution in [0.4, 0.5) is 26.0 Å². The number of hydrogen-bond acceptors (Lipinski definition) is 4. The molecule has 3 rings (SSSR count). The van der Waals surface area contributed by atoms with Crippen molar-refractivity contribution in [3.63, 3.8) is 0 Å². The summed E-state index contributed by atoms with van der Waals surface area (Å²) in [7, 11) is 0. The van der Waals surface area contributed by atoms with Gasteiger partial charge >= 0.3 is 0 Å². The molecule has 0 radical (unpaired) electrons. The highest BCUT2D eigenvalue weighted by atomic mass is 35.5. The first-order valence-corrected chi connectivity index (χ1v) is 7.51. The van der Waals surface area contributed by atoms with Crippen LogP contribution in [0.15, 0.2) is 54.9 Å². The minimum absolute atomic E-state index is 0.0794. The molecule has 1 aromatic heterocycles. The molecule has 1 amide bonds. The van der Waals surface area contributed by atoms with Crippen molar-refractivity contribution in [1.82, 2.24) is 9.97 Å². The van der Waals surface area contributed by atoms with E-state index >= 15 is 0 Å². The predicted molar refractivity (Wildman–Crippen MR) is 91.1 cm³/mol. The summed E-state index contributed by atoms with van der Waals surface area (Å²) < 4.78 is 26.1. The fraction of sp³-hybridized carbons (Fsp3) is 0. The van der Waals surface area contributed by atoms with Gasteiger partial charge in [0, 0.05) is 11.8 Å². The molecule has 0 spiro atoms. The van der Waals surface area contributed by atoms with E-state index in [1.54, 1.807) is 24.3 Å². The van der Waals surface area contributed by atoms with E-state index in [2.05, 4.69) is 20.6 Å². The number of amides is 1. The van der Waals surface area contributed by atoms with Gasteiger partial charge in [-0.05, 0) is 24.3 Å². The standard InChI is InChI=1S/C17H11ClF2N4O/c18-11-3-1-2-4-14(11)24-17(25)15-8-22-16(9-21-15)23-10-5-6-12(19)13(20)7-10/h1-9H,(H,22,23)(H,24,25). The highest BCUT2D eigenvalue weighted by molar-refractivity contribution is 6.33. The predicted octanol–water partition coefficient (Wildman–Crippen LogP) is 4.40. The van der Waals surface area contributed by atoms with Gasteiger partial charge in [-0.1, -0.05) is 23.7 Å². The summed E-state index contributed by atoms with van der Waals surface area (Å²) in [6.45, 7) is 0. The fourth-order valence-electron chi connectivity index (χ4n) is 1.98. The molecular formula is C17H11ClF2N4O. The number of carbonyl (C=O) groups is 1. The van der Waals surface area contributed by atoms with Gasteiger partial charge in [-0.3, -0.25) is 4.79 Å². The largest absolute Gasteiger partial charge is 0.339 e. The van der Waals surface area contributed by atoms with Crippen LogP contribution in [-0.2, 0) is 0 Å². The van der Waals surface area contributed by atoms with Crippen LogP contribution in [0.3, 0.4) is 0 Å². The number of nitrogens with zero attached hydrogens (tertiary/aromatic N) is 2. The normalized spacial score (nSPS) is 10.4. The average Bonchev–Trinajstić information content (AvgIpc) is 2.61. The first-order valence-electron chi connectivity index (χ1n) is 7.13. The van der Waals surface area contributed by atoms with Crippen molar-refractivity contribution in [3.05, 3.63) is 77.2 Å². The zero-order valence-electron chi connectivity index (χ0n) is 12.6. The van der Waals surface area contributed by atoms with Crippen molar-refractivity contribution >= 4 is 34.7 Å². The highest BCUT2D eigenvalue weighted by Crippen LogP contribution is 2.21. The Labute approximate surface area is 146 Å². The maximum atomic E-state index is 13.2. The SMILES string of the molecule is O=C(Nc1ccccc1Cl)c1cnc(Nc2ccc(F)c(F)c2)cn1. The van der Waals surface area contributed by atoms with Gasteiger partial charge in [0.05, 0.1) is 23.1 Å². The molecule has 2 aromatic carbocycles. The maximum absolute atomic E-state index is 13.2. The second-order valence-electron chi connectivity index (χ2n) is 4.97. The molecule has 0 unspecified atom stereocenters. The third-order valence-corrected chi connectivity index (χ3v) is 3.53. The molecule has 126 valence electrons. The van der Waals surface area contributed by atoms with Gasteiger partial charge in [0.2, 0.25) is 0 Å². The summed E-state index contributed by atoms with van der Waals surface area (Å²) in [5.74, 6) is -2.11. The van der Waals surface area contributed by atoms with E-state index in [0.717, 1.165) is 12.1 Å². The topological polar surface area (TPSA) is 66.9 Å². The van der Waals surface area contributed by atoms with Crippen LogP contribution in [0.25, 0.3) is 0 Å². The van der Waals surface area contributed by atoms with Crippen molar-refractivity contribution in [3.8, 4) is 0 Å². The number of para-hydroxylation sites is 1. The molecule has 0 aliphatic heterocycles. The molecule has 25 heavy (non-hydrogen) atoms. The summed E-state index contributed by atoms with van der Waals surface area (Å²) >= 11 is 5.98. The zero-order chi connectivity index (χ0) is 17.8. The third-order valence-electron chi connectivity index (χ3n) is 3.20. The molecule has 2 N–H and O–H groups in total. The Morgan fingerprint density at radius 2 is 1.80 bits per heavy atom. The van der Waals surface area contributed by atoms with Crippen LogP contribution < -0.4 is 10.6 Å². The average molecular weight is 361 g/mol. The maximum Gasteiger partial charge on any atom is 0.275 e. The minimum Gasteiger partial charge on any atom is -0.339 e. The fourth-order valence-corrected chi connectivity index (χ4v) is 2.16. The highest BCUT2D eigenvalue weighted by Gasteiger charge is 2.10. The molecule has 0 bridgehead atoms. The van der Waals surface area contributed by atoms with E-state index in [0.29, 0.717) is 16.4 Å². The Balaban J connectivity index is 1.70. The zero-order valence-corrected chi connectivity index (χ0v) is 13.4. The summed E-state index contributed by atoms with van der Waals surface area (Å²) in [5, 5.41) is 5.79. The van der Waals surface area contributed by atoms with E-state index in [9.17, 15) is 13.6 Å². The monoisotopic (exact) mass is 360 g/mol. The van der Waals surface area contributed by atoms with E-state index in [1.807, 2.05) is 0 Å². The molecule has 3 aromatic rings. The van der Waals surface area contributed by atoms with Gasteiger partial charge in [-0.15, -0.1) is 0 Å². The van der Waals surface area contributed by atoms with Crippen molar-refractivity contribution in [2.75, 3.05) is 10.6 Å². The molecule has 0 aliphatic rings. The summed E-state index contributed by atoms with van der Waals surface area (Å²) in [6.07, 6.45) is 2.57. The van der Waals surface area contributed by atoms with Crippen molar-refractivity contribution in [2.45, 2.75) is 0 Å². The lowest BCUT2D eigenvalue weighted by Gasteiger charge is -2.08. The minimum atomic E-state index is -0.978. The van der Waals surface area contributed by atoms with Gasteiger partial charge in [0.25, 0.3) is 5.91 Å². The van der Waals surface area contributed by atoms with Crippen molar-refractivity contribution < 1.29 is 13.6 Å². The van der Waals surface area contributed by atoms with Crippen LogP contribution in [-0.4, -0.2) is 15.9 Å². The van der Waals surface area contributed by atoms with Crippen LogP contribution in [0.1, 0.15) is 10.5 Å². The first-order chi connectivity index (χ1) is 12.0. The number of carbonyl (C=O) groups excluding carboxylic acids is 1. The summed E-state index contributed by atoms with van der Waals surface area (Å²) in [5.41, 5.74) is 0.845. The first kappa shape index (κ1) is 16.8. The number of nitrogens with one attached hydrogen (secondary N) is 2. The molecule has 5 nitrogen and oxygen atoms in total. The van der Waals surface area contributed by atoms with Crippen molar-refractivity contribution in [2.24, 2.45) is 0 Å². The molecule has 0 saturated carbocycles. The number of benzene rings is 2. The van der Waals surface area contributed by atoms with Crippen molar-refractivity contribution in [1.29, 1.82) is 0 Å². The number of aromatic nitrogens is 2. The quantitative estimate of drug-likeness (QED) is 0.723. The molecule has 1 heterocycles. The van der Waals surface area contributed by atoms with E-state index in [4.69, 9.17) is 11.6 Å². The van der Waals surface area contributed by atoms with Gasteiger partial charge in [0.15, 0.2) is 11.6 Å². The van der Waals surface area contributed by atoms with Crippen LogP contribution in [0.2, 0.25) is 5.02 Å². The van der Waals surface area contributed by atoms with Crippen LogP contribution >= 0.6 is 11.6 Å². The second kappa shape index (κ2) is 7.23. The molecule has 8 heteroatoms. The number of anilines is 3. The van der Waals surface area contributed by atoms with Crippen LogP contribution in [0.5, 0.6) is 0 Å². The van der Waals surface area contributed by atoms with Gasteiger partial charge < -0.3 is 10.6 Å². The lowest BCUT2D eigenvalue weighted by Crippen LogP contribution is -2.14. The smallest absolute Gasteiger partial charge is 0.275 e. The van der Waals surface area contributed by atoms with E-state index < -0.39 is 17.5 Å². The van der Waals surface area contributed by atoms with E-state index in [1.165, 1.54) is 18.5 Å². The Hall–Kier alpha value is -3.06. The van der Waals surface area contributed by atoms with Crippen LogP contribution in [0, 0.1) is 11.6 Å². The second-order valence-corrected chi connectivity index (χ2v) is 5.38. The molecule has 0 saturated heterocycles. The Morgan fingerprint density at radius 3 is 2.48 bits per heavy atom. The third kappa shape index (κ3) is 4.07. The lowest BCUT2D eigenvalue weighted by molar-refractivity contribution is 0.102. The molecule has 0 fully saturated rings. The molecule has 0 aliphatic carbocycles. The van der Waals surface area contributed by atoms with E-state index in [-0.39, 0.29) is 11.5 Å². The Kier molecular flexibility index (Phi) is 4.85. The molecular weight excluding hydrogens is 350 g/mol. The van der Waals surface area contributed by atoms with Gasteiger partial charge in [0.1, 0.15) is 11.5 Å². The Bertz CT molecular complexity index is 919. The number of hydrogen-bond donors (Lipinski definition) is 2. The van der Waals surface area contributed by atoms with Gasteiger partial charge in [-0.25, -0.2) is 18.7 Å². The van der Waals surface area contributed by atoms with Gasteiger partial charge in [-0.2, -0.15) is 0 Å². The summed E-state index contributed by atoms with van der Waals surface area (Å²) in [4.78, 5) is 20.2.